The fourth-order valence-corrected chi connectivity index (χ4v) is 5.29. The summed E-state index contributed by atoms with van der Waals surface area (Å²) in [6, 6.07) is -0.612. The van der Waals surface area contributed by atoms with Gasteiger partial charge in [0.25, 0.3) is 0 Å². The first-order valence-electron chi connectivity index (χ1n) is 17.4. The van der Waals surface area contributed by atoms with Gasteiger partial charge in [-0.3, -0.25) is 4.79 Å². The van der Waals surface area contributed by atoms with E-state index < -0.39 is 12.1 Å². The average Bonchev–Trinajstić information content (AvgIpc) is 2.94. The number of hydrogen-bond donors (Lipinski definition) is 3. The van der Waals surface area contributed by atoms with Crippen molar-refractivity contribution in [3.05, 3.63) is 12.2 Å². The highest BCUT2D eigenvalue weighted by molar-refractivity contribution is 5.76. The molecule has 0 aliphatic heterocycles. The van der Waals surface area contributed by atoms with Crippen LogP contribution >= 0.6 is 0 Å². The lowest BCUT2D eigenvalue weighted by molar-refractivity contribution is -0.123. The Labute approximate surface area is 244 Å². The van der Waals surface area contributed by atoms with Crippen molar-refractivity contribution < 1.29 is 15.0 Å². The fraction of sp³-hybridized carbons (Fsp3) is 0.914. The molecule has 4 heteroatoms. The van der Waals surface area contributed by atoms with Crippen LogP contribution in [0.3, 0.4) is 0 Å². The number of rotatable bonds is 31. The van der Waals surface area contributed by atoms with Gasteiger partial charge in [-0.05, 0) is 19.3 Å². The second kappa shape index (κ2) is 31.7. The molecule has 0 spiro atoms. The van der Waals surface area contributed by atoms with Crippen LogP contribution in [0.2, 0.25) is 0 Å². The predicted molar refractivity (Wildman–Crippen MR) is 170 cm³/mol. The molecule has 0 saturated carbocycles. The molecule has 0 radical (unpaired) electrons. The van der Waals surface area contributed by atoms with E-state index in [1.165, 1.54) is 135 Å². The maximum absolute atomic E-state index is 12.1. The summed E-state index contributed by atoms with van der Waals surface area (Å²) in [6.07, 6.45) is 37.6. The fourth-order valence-electron chi connectivity index (χ4n) is 5.29. The molecule has 0 heterocycles. The van der Waals surface area contributed by atoms with Gasteiger partial charge in [0.15, 0.2) is 0 Å². The first kappa shape index (κ1) is 38.1. The van der Waals surface area contributed by atoms with Crippen molar-refractivity contribution in [3.8, 4) is 0 Å². The Bertz CT molecular complexity index is 522. The second-order valence-corrected chi connectivity index (χ2v) is 11.9. The van der Waals surface area contributed by atoms with Gasteiger partial charge < -0.3 is 15.5 Å². The van der Waals surface area contributed by atoms with E-state index in [-0.39, 0.29) is 12.5 Å². The molecule has 3 N–H and O–H groups in total. The summed E-state index contributed by atoms with van der Waals surface area (Å²) in [7, 11) is 0. The molecule has 0 aromatic carbocycles. The third kappa shape index (κ3) is 28.5. The molecule has 0 fully saturated rings. The van der Waals surface area contributed by atoms with E-state index in [9.17, 15) is 15.0 Å². The number of aliphatic hydroxyl groups excluding tert-OH is 2. The van der Waals surface area contributed by atoms with E-state index >= 15 is 0 Å². The number of unbranched alkanes of at least 4 members (excludes halogenated alkanes) is 24. The van der Waals surface area contributed by atoms with Crippen LogP contribution in [0.1, 0.15) is 187 Å². The number of hydrogen-bond acceptors (Lipinski definition) is 3. The zero-order chi connectivity index (χ0) is 28.7. The highest BCUT2D eigenvalue weighted by Crippen LogP contribution is 2.15. The van der Waals surface area contributed by atoms with Crippen LogP contribution in [0, 0.1) is 0 Å². The van der Waals surface area contributed by atoms with Crippen LogP contribution in [0.5, 0.6) is 0 Å². The Kier molecular flexibility index (Phi) is 30.9. The minimum atomic E-state index is -0.829. The normalized spacial score (nSPS) is 13.2. The molecule has 0 aromatic heterocycles. The Morgan fingerprint density at radius 2 is 0.949 bits per heavy atom. The summed E-state index contributed by atoms with van der Waals surface area (Å²) in [5.41, 5.74) is 0. The Hall–Kier alpha value is -0.870. The van der Waals surface area contributed by atoms with E-state index in [2.05, 4.69) is 19.2 Å². The van der Waals surface area contributed by atoms with Crippen molar-refractivity contribution in [2.75, 3.05) is 6.61 Å². The van der Waals surface area contributed by atoms with Crippen molar-refractivity contribution in [2.24, 2.45) is 0 Å². The molecule has 0 aliphatic carbocycles. The minimum Gasteiger partial charge on any atom is -0.394 e. The lowest BCUT2D eigenvalue weighted by Gasteiger charge is -2.20. The van der Waals surface area contributed by atoms with Gasteiger partial charge in [0.1, 0.15) is 0 Å². The lowest BCUT2D eigenvalue weighted by Crippen LogP contribution is -2.45. The zero-order valence-corrected chi connectivity index (χ0v) is 26.4. The number of aliphatic hydroxyl groups is 2. The van der Waals surface area contributed by atoms with E-state index in [1.807, 2.05) is 6.08 Å². The SMILES string of the molecule is CCCCCCCCCCCCCCCCCCCCCC/C=C/C(O)C(CO)NC(=O)CCCCCCC. The van der Waals surface area contributed by atoms with Crippen LogP contribution < -0.4 is 5.32 Å². The van der Waals surface area contributed by atoms with Gasteiger partial charge in [-0.2, -0.15) is 0 Å². The zero-order valence-electron chi connectivity index (χ0n) is 26.4. The number of amides is 1. The van der Waals surface area contributed by atoms with Gasteiger partial charge in [-0.1, -0.05) is 174 Å². The van der Waals surface area contributed by atoms with Gasteiger partial charge in [-0.25, -0.2) is 0 Å². The Morgan fingerprint density at radius 1 is 0.590 bits per heavy atom. The van der Waals surface area contributed by atoms with Gasteiger partial charge in [0.2, 0.25) is 5.91 Å². The van der Waals surface area contributed by atoms with Crippen molar-refractivity contribution in [1.29, 1.82) is 0 Å². The monoisotopic (exact) mass is 552 g/mol. The van der Waals surface area contributed by atoms with Gasteiger partial charge in [0, 0.05) is 6.42 Å². The molecule has 0 rings (SSSR count). The van der Waals surface area contributed by atoms with Gasteiger partial charge >= 0.3 is 0 Å². The summed E-state index contributed by atoms with van der Waals surface area (Å²) in [5, 5.41) is 22.6. The van der Waals surface area contributed by atoms with E-state index in [0.29, 0.717) is 6.42 Å². The summed E-state index contributed by atoms with van der Waals surface area (Å²) in [5.74, 6) is -0.0768. The van der Waals surface area contributed by atoms with Gasteiger partial charge in [0.05, 0.1) is 18.8 Å². The highest BCUT2D eigenvalue weighted by atomic mass is 16.3. The largest absolute Gasteiger partial charge is 0.394 e. The minimum absolute atomic E-state index is 0.0768. The molecule has 2 atom stereocenters. The second-order valence-electron chi connectivity index (χ2n) is 11.9. The van der Waals surface area contributed by atoms with E-state index in [0.717, 1.165) is 32.1 Å². The molecule has 0 aliphatic rings. The molecule has 0 saturated heterocycles. The quantitative estimate of drug-likeness (QED) is 0.0593. The molecule has 4 nitrogen and oxygen atoms in total. The standard InChI is InChI=1S/C35H69NO3/c1-3-5-7-9-10-11-12-13-14-15-16-17-18-19-20-21-22-23-24-25-27-28-30-34(38)33(32-37)36-35(39)31-29-26-8-6-4-2/h28,30,33-34,37-38H,3-27,29,31-32H2,1-2H3,(H,36,39)/b30-28+. The number of carbonyl (C=O) groups excluding carboxylic acids is 1. The number of carbonyl (C=O) groups is 1. The molecule has 2 unspecified atom stereocenters. The maximum atomic E-state index is 12.1. The van der Waals surface area contributed by atoms with Crippen molar-refractivity contribution in [1.82, 2.24) is 5.32 Å². The Morgan fingerprint density at radius 3 is 1.33 bits per heavy atom. The number of allylic oxidation sites excluding steroid dienone is 1. The number of nitrogens with one attached hydrogen (secondary N) is 1. The summed E-state index contributed by atoms with van der Waals surface area (Å²) in [6.45, 7) is 4.22. The smallest absolute Gasteiger partial charge is 0.220 e. The van der Waals surface area contributed by atoms with Crippen LogP contribution in [0.25, 0.3) is 0 Å². The first-order valence-corrected chi connectivity index (χ1v) is 17.4. The Balaban J connectivity index is 3.46. The van der Waals surface area contributed by atoms with Crippen LogP contribution in [0.4, 0.5) is 0 Å². The summed E-state index contributed by atoms with van der Waals surface area (Å²) >= 11 is 0. The van der Waals surface area contributed by atoms with Crippen LogP contribution in [-0.2, 0) is 4.79 Å². The van der Waals surface area contributed by atoms with Gasteiger partial charge in [-0.15, -0.1) is 0 Å². The third-order valence-electron chi connectivity index (χ3n) is 8.02. The molecule has 232 valence electrons. The van der Waals surface area contributed by atoms with Crippen LogP contribution in [-0.4, -0.2) is 34.9 Å². The molecular weight excluding hydrogens is 482 g/mol. The summed E-state index contributed by atoms with van der Waals surface area (Å²) < 4.78 is 0. The van der Waals surface area contributed by atoms with E-state index in [4.69, 9.17) is 0 Å². The first-order chi connectivity index (χ1) is 19.2. The molecule has 39 heavy (non-hydrogen) atoms. The van der Waals surface area contributed by atoms with Crippen molar-refractivity contribution >= 4 is 5.91 Å². The lowest BCUT2D eigenvalue weighted by atomic mass is 10.0. The molecule has 0 aromatic rings. The highest BCUT2D eigenvalue weighted by Gasteiger charge is 2.17. The molecule has 0 bridgehead atoms. The topological polar surface area (TPSA) is 69.6 Å². The van der Waals surface area contributed by atoms with Crippen molar-refractivity contribution in [3.63, 3.8) is 0 Å². The van der Waals surface area contributed by atoms with Crippen LogP contribution in [0.15, 0.2) is 12.2 Å². The average molecular weight is 552 g/mol. The predicted octanol–water partition coefficient (Wildman–Crippen LogP) is 9.95. The third-order valence-corrected chi connectivity index (χ3v) is 8.02. The molecule has 1 amide bonds. The van der Waals surface area contributed by atoms with E-state index in [1.54, 1.807) is 6.08 Å². The van der Waals surface area contributed by atoms with Crippen molar-refractivity contribution in [2.45, 2.75) is 199 Å². The summed E-state index contributed by atoms with van der Waals surface area (Å²) in [4.78, 5) is 12.1. The maximum Gasteiger partial charge on any atom is 0.220 e. The molecular formula is C35H69NO3.